The van der Waals surface area contributed by atoms with Crippen LogP contribution in [0.15, 0.2) is 29.5 Å². The molecular weight excluding hydrogens is 322 g/mol. The predicted octanol–water partition coefficient (Wildman–Crippen LogP) is 3.06. The Morgan fingerprint density at radius 2 is 1.76 bits per heavy atom. The van der Waals surface area contributed by atoms with Crippen molar-refractivity contribution in [3.8, 4) is 11.5 Å². The molecule has 1 amide bonds. The van der Waals surface area contributed by atoms with Crippen LogP contribution < -0.4 is 0 Å². The standard InChI is InChI=1S/C19H25NO5/c1-10(2)7-15(23)16-17(13-6-5-12(21)8-14(13)22)20(9-11(3)4)19(25)18(16)24/h5-6,8,10-11,17,21-22,24H,7,9H2,1-4H3. The molecule has 6 nitrogen and oxygen atoms in total. The highest BCUT2D eigenvalue weighted by Gasteiger charge is 2.44. The molecule has 0 aliphatic carbocycles. The molecule has 1 unspecified atom stereocenters. The molecule has 0 fully saturated rings. The van der Waals surface area contributed by atoms with Crippen molar-refractivity contribution in [2.24, 2.45) is 11.8 Å². The maximum atomic E-state index is 12.7. The first-order chi connectivity index (χ1) is 11.6. The van der Waals surface area contributed by atoms with Gasteiger partial charge in [0, 0.05) is 24.6 Å². The number of rotatable bonds is 6. The first-order valence-corrected chi connectivity index (χ1v) is 8.42. The van der Waals surface area contributed by atoms with Gasteiger partial charge < -0.3 is 20.2 Å². The lowest BCUT2D eigenvalue weighted by Crippen LogP contribution is -2.34. The molecule has 1 aromatic carbocycles. The van der Waals surface area contributed by atoms with Gasteiger partial charge in [0.25, 0.3) is 5.91 Å². The van der Waals surface area contributed by atoms with Gasteiger partial charge in [0.2, 0.25) is 0 Å². The van der Waals surface area contributed by atoms with Crippen molar-refractivity contribution < 1.29 is 24.9 Å². The van der Waals surface area contributed by atoms with Gasteiger partial charge in [-0.1, -0.05) is 27.7 Å². The van der Waals surface area contributed by atoms with E-state index in [-0.39, 0.29) is 41.1 Å². The summed E-state index contributed by atoms with van der Waals surface area (Å²) in [6.07, 6.45) is 0.192. The van der Waals surface area contributed by atoms with E-state index in [2.05, 4.69) is 0 Å². The topological polar surface area (TPSA) is 98.1 Å². The molecule has 0 aromatic heterocycles. The molecule has 1 atom stereocenters. The monoisotopic (exact) mass is 347 g/mol. The number of carbonyl (C=O) groups excluding carboxylic acids is 2. The van der Waals surface area contributed by atoms with Gasteiger partial charge in [-0.25, -0.2) is 0 Å². The summed E-state index contributed by atoms with van der Waals surface area (Å²) in [5.74, 6) is -1.65. The van der Waals surface area contributed by atoms with E-state index < -0.39 is 17.7 Å². The SMILES string of the molecule is CC(C)CC(=O)C1=C(O)C(=O)N(CC(C)C)C1c1ccc(O)cc1O. The fraction of sp³-hybridized carbons (Fsp3) is 0.474. The Morgan fingerprint density at radius 1 is 1.12 bits per heavy atom. The van der Waals surface area contributed by atoms with Crippen molar-refractivity contribution in [1.29, 1.82) is 0 Å². The molecule has 1 aromatic rings. The minimum absolute atomic E-state index is 0.0142. The molecule has 3 N–H and O–H groups in total. The Morgan fingerprint density at radius 3 is 2.28 bits per heavy atom. The predicted molar refractivity (Wildman–Crippen MR) is 93.2 cm³/mol. The summed E-state index contributed by atoms with van der Waals surface area (Å²) >= 11 is 0. The molecule has 2 rings (SSSR count). The molecule has 6 heteroatoms. The highest BCUT2D eigenvalue weighted by atomic mass is 16.3. The molecule has 25 heavy (non-hydrogen) atoms. The van der Waals surface area contributed by atoms with Gasteiger partial charge in [0.1, 0.15) is 11.5 Å². The van der Waals surface area contributed by atoms with Crippen molar-refractivity contribution >= 4 is 11.7 Å². The number of amides is 1. The third-order valence-corrected chi connectivity index (χ3v) is 4.07. The molecule has 1 aliphatic rings. The quantitative estimate of drug-likeness (QED) is 0.735. The first-order valence-electron chi connectivity index (χ1n) is 8.42. The third-order valence-electron chi connectivity index (χ3n) is 4.07. The highest BCUT2D eigenvalue weighted by molar-refractivity contribution is 6.09. The van der Waals surface area contributed by atoms with Crippen LogP contribution >= 0.6 is 0 Å². The number of ketones is 1. The van der Waals surface area contributed by atoms with Crippen molar-refractivity contribution in [2.45, 2.75) is 40.2 Å². The van der Waals surface area contributed by atoms with E-state index in [4.69, 9.17) is 0 Å². The molecule has 136 valence electrons. The van der Waals surface area contributed by atoms with Crippen molar-refractivity contribution in [1.82, 2.24) is 4.90 Å². The van der Waals surface area contributed by atoms with Gasteiger partial charge in [-0.05, 0) is 24.0 Å². The molecule has 1 heterocycles. The Labute approximate surface area is 147 Å². The first kappa shape index (κ1) is 18.8. The zero-order valence-electron chi connectivity index (χ0n) is 15.0. The smallest absolute Gasteiger partial charge is 0.290 e. The fourth-order valence-electron chi connectivity index (χ4n) is 3.09. The Balaban J connectivity index is 2.57. The van der Waals surface area contributed by atoms with Crippen LogP contribution in [0.25, 0.3) is 0 Å². The van der Waals surface area contributed by atoms with Crippen molar-refractivity contribution in [3.63, 3.8) is 0 Å². The summed E-state index contributed by atoms with van der Waals surface area (Å²) < 4.78 is 0. The summed E-state index contributed by atoms with van der Waals surface area (Å²) in [6.45, 7) is 7.93. The number of phenols is 2. The van der Waals surface area contributed by atoms with Crippen LogP contribution in [0, 0.1) is 11.8 Å². The zero-order valence-corrected chi connectivity index (χ0v) is 15.0. The van der Waals surface area contributed by atoms with E-state index in [1.54, 1.807) is 0 Å². The van der Waals surface area contributed by atoms with Crippen LogP contribution in [0.4, 0.5) is 0 Å². The van der Waals surface area contributed by atoms with Crippen molar-refractivity contribution in [3.05, 3.63) is 35.1 Å². The number of Topliss-reactive ketones (excluding diaryl/α,β-unsaturated/α-hetero) is 1. The summed E-state index contributed by atoms with van der Waals surface area (Å²) in [7, 11) is 0. The van der Waals surface area contributed by atoms with Crippen LogP contribution in [0.3, 0.4) is 0 Å². The number of aromatic hydroxyl groups is 2. The summed E-state index contributed by atoms with van der Waals surface area (Å²) in [5.41, 5.74) is 0.322. The summed E-state index contributed by atoms with van der Waals surface area (Å²) in [5, 5.41) is 30.1. The molecule has 0 spiro atoms. The zero-order chi connectivity index (χ0) is 18.9. The fourth-order valence-corrected chi connectivity index (χ4v) is 3.09. The van der Waals surface area contributed by atoms with Crippen molar-refractivity contribution in [2.75, 3.05) is 6.54 Å². The normalized spacial score (nSPS) is 17.9. The van der Waals surface area contributed by atoms with E-state index in [9.17, 15) is 24.9 Å². The van der Waals surface area contributed by atoms with Crippen LogP contribution in [0.5, 0.6) is 11.5 Å². The Kier molecular flexibility index (Phi) is 5.40. The van der Waals surface area contributed by atoms with Gasteiger partial charge in [-0.3, -0.25) is 9.59 Å². The van der Waals surface area contributed by atoms with Crippen LogP contribution in [-0.4, -0.2) is 38.5 Å². The minimum atomic E-state index is -0.859. The van der Waals surface area contributed by atoms with E-state index in [1.807, 2.05) is 27.7 Å². The van der Waals surface area contributed by atoms with E-state index in [0.717, 1.165) is 6.07 Å². The second-order valence-corrected chi connectivity index (χ2v) is 7.28. The molecule has 0 bridgehead atoms. The molecule has 0 saturated heterocycles. The van der Waals surface area contributed by atoms with E-state index >= 15 is 0 Å². The van der Waals surface area contributed by atoms with Gasteiger partial charge in [-0.15, -0.1) is 0 Å². The number of hydrogen-bond donors (Lipinski definition) is 3. The minimum Gasteiger partial charge on any atom is -0.508 e. The summed E-state index contributed by atoms with van der Waals surface area (Å²) in [6, 6.07) is 3.15. The average Bonchev–Trinajstić information content (AvgIpc) is 2.71. The number of nitrogens with zero attached hydrogens (tertiary/aromatic N) is 1. The largest absolute Gasteiger partial charge is 0.508 e. The van der Waals surface area contributed by atoms with E-state index in [1.165, 1.54) is 17.0 Å². The lowest BCUT2D eigenvalue weighted by Gasteiger charge is -2.29. The number of benzene rings is 1. The van der Waals surface area contributed by atoms with Crippen LogP contribution in [0.1, 0.15) is 45.7 Å². The summed E-state index contributed by atoms with van der Waals surface area (Å²) in [4.78, 5) is 26.6. The number of hydrogen-bond acceptors (Lipinski definition) is 5. The second kappa shape index (κ2) is 7.17. The maximum absolute atomic E-state index is 12.7. The maximum Gasteiger partial charge on any atom is 0.290 e. The number of carbonyl (C=O) groups is 2. The van der Waals surface area contributed by atoms with Gasteiger partial charge in [0.05, 0.1) is 11.6 Å². The number of phenolic OH excluding ortho intramolecular Hbond substituents is 2. The van der Waals surface area contributed by atoms with Gasteiger partial charge in [0.15, 0.2) is 11.5 Å². The molecular formula is C19H25NO5. The molecule has 1 aliphatic heterocycles. The average molecular weight is 347 g/mol. The lowest BCUT2D eigenvalue weighted by molar-refractivity contribution is -0.129. The molecule has 0 saturated carbocycles. The second-order valence-electron chi connectivity index (χ2n) is 7.28. The number of aliphatic hydroxyl groups excluding tert-OH is 1. The van der Waals surface area contributed by atoms with Crippen LogP contribution in [-0.2, 0) is 9.59 Å². The molecule has 0 radical (unpaired) electrons. The number of aliphatic hydroxyl groups is 1. The van der Waals surface area contributed by atoms with Gasteiger partial charge >= 0.3 is 0 Å². The Hall–Kier alpha value is -2.50. The third kappa shape index (κ3) is 3.78. The Bertz CT molecular complexity index is 721. The lowest BCUT2D eigenvalue weighted by atomic mass is 9.91. The van der Waals surface area contributed by atoms with Crippen LogP contribution in [0.2, 0.25) is 0 Å². The highest BCUT2D eigenvalue weighted by Crippen LogP contribution is 2.42. The van der Waals surface area contributed by atoms with E-state index in [0.29, 0.717) is 12.1 Å². The van der Waals surface area contributed by atoms with Gasteiger partial charge in [-0.2, -0.15) is 0 Å².